The molecule has 1 fully saturated rings. The molecule has 1 aliphatic heterocycles. The lowest BCUT2D eigenvalue weighted by atomic mass is 10.1. The molecule has 1 aromatic rings. The van der Waals surface area contributed by atoms with Gasteiger partial charge in [0.25, 0.3) is 0 Å². The van der Waals surface area contributed by atoms with E-state index in [2.05, 4.69) is 0 Å². The van der Waals surface area contributed by atoms with Gasteiger partial charge in [-0.1, -0.05) is 30.3 Å². The summed E-state index contributed by atoms with van der Waals surface area (Å²) in [6.45, 7) is 0.419. The van der Waals surface area contributed by atoms with Crippen molar-refractivity contribution in [1.29, 1.82) is 0 Å². The van der Waals surface area contributed by atoms with Crippen molar-refractivity contribution in [3.8, 4) is 0 Å². The summed E-state index contributed by atoms with van der Waals surface area (Å²) in [4.78, 5) is 24.9. The molecule has 3 nitrogen and oxygen atoms in total. The molecule has 0 radical (unpaired) electrons. The monoisotopic (exact) mass is 233 g/mol. The number of hydrogen-bond donors (Lipinski definition) is 0. The first-order valence-electron chi connectivity index (χ1n) is 6.89. The molecule has 0 unspecified atom stereocenters. The third-order valence-electron chi connectivity index (χ3n) is 2.84. The van der Waals surface area contributed by atoms with Crippen LogP contribution in [0, 0.1) is 0 Å². The molecule has 0 saturated carbocycles. The third kappa shape index (κ3) is 3.16. The smallest absolute Gasteiger partial charge is 0.229 e. The van der Waals surface area contributed by atoms with Crippen molar-refractivity contribution in [2.75, 3.05) is 6.54 Å². The number of nitrogens with zero attached hydrogens (tertiary/aromatic N) is 1. The van der Waals surface area contributed by atoms with E-state index in [0.29, 0.717) is 18.5 Å². The van der Waals surface area contributed by atoms with Crippen LogP contribution < -0.4 is 0 Å². The van der Waals surface area contributed by atoms with Gasteiger partial charge in [0.2, 0.25) is 11.8 Å². The number of piperidine rings is 1. The Balaban J connectivity index is 2.07. The molecule has 2 amide bonds. The lowest BCUT2D eigenvalue weighted by Crippen LogP contribution is -2.40. The molecule has 1 heterocycles. The van der Waals surface area contributed by atoms with Gasteiger partial charge < -0.3 is 0 Å². The zero-order chi connectivity index (χ0) is 13.9. The van der Waals surface area contributed by atoms with Gasteiger partial charge in [0.05, 0.1) is 0 Å². The molecule has 3 heteroatoms. The molecule has 0 bridgehead atoms. The Morgan fingerprint density at radius 1 is 1.29 bits per heavy atom. The second-order valence-corrected chi connectivity index (χ2v) is 4.12. The number of aryl methyl sites for hydroxylation is 1. The molecule has 1 saturated heterocycles. The van der Waals surface area contributed by atoms with Gasteiger partial charge in [0, 0.05) is 22.1 Å². The molecule has 2 rings (SSSR count). The van der Waals surface area contributed by atoms with E-state index in [1.54, 1.807) is 30.3 Å². The molecule has 0 aliphatic carbocycles. The van der Waals surface area contributed by atoms with Crippen LogP contribution in [0.25, 0.3) is 0 Å². The second-order valence-electron chi connectivity index (χ2n) is 4.12. The first kappa shape index (κ1) is 9.40. The fourth-order valence-electron chi connectivity index (χ4n) is 1.90. The second kappa shape index (κ2) is 5.62. The number of amides is 2. The van der Waals surface area contributed by atoms with Crippen LogP contribution in [0.4, 0.5) is 0 Å². The van der Waals surface area contributed by atoms with Crippen LogP contribution in [0.5, 0.6) is 0 Å². The Morgan fingerprint density at radius 3 is 2.76 bits per heavy atom. The van der Waals surface area contributed by atoms with Crippen molar-refractivity contribution in [1.82, 2.24) is 4.90 Å². The average Bonchev–Trinajstić information content (AvgIpc) is 2.39. The Bertz CT molecular complexity index is 474. The summed E-state index contributed by atoms with van der Waals surface area (Å²) in [7, 11) is 0. The molecular weight excluding hydrogens is 214 g/mol. The van der Waals surface area contributed by atoms with Crippen LogP contribution in [-0.2, 0) is 16.0 Å². The summed E-state index contributed by atoms with van der Waals surface area (Å²) in [5, 5.41) is 0. The van der Waals surface area contributed by atoms with Gasteiger partial charge in [0.1, 0.15) is 0 Å². The zero-order valence-electron chi connectivity index (χ0n) is 11.7. The highest BCUT2D eigenvalue weighted by atomic mass is 16.2. The first-order valence-corrected chi connectivity index (χ1v) is 5.89. The Labute approximate surface area is 104 Å². The molecular formula is C14H17NO2. The van der Waals surface area contributed by atoms with Gasteiger partial charge in [-0.05, 0) is 24.8 Å². The zero-order valence-corrected chi connectivity index (χ0v) is 9.69. The van der Waals surface area contributed by atoms with Gasteiger partial charge >= 0.3 is 0 Å². The van der Waals surface area contributed by atoms with E-state index in [1.165, 1.54) is 4.90 Å². The predicted molar refractivity (Wildman–Crippen MR) is 65.3 cm³/mol. The van der Waals surface area contributed by atoms with E-state index in [1.807, 2.05) is 0 Å². The van der Waals surface area contributed by atoms with Crippen LogP contribution in [-0.4, -0.2) is 23.3 Å². The third-order valence-corrected chi connectivity index (χ3v) is 2.84. The number of likely N-dealkylation sites (tertiary alicyclic amines) is 1. The SMILES string of the molecule is [2H]C([2H])(CC(=O)N1CCCCC1=O)c1ccccc1. The van der Waals surface area contributed by atoms with E-state index >= 15 is 0 Å². The fourth-order valence-corrected chi connectivity index (χ4v) is 1.90. The highest BCUT2D eigenvalue weighted by Gasteiger charge is 2.23. The standard InChI is InChI=1S/C14H17NO2/c16-13-8-4-5-11-15(13)14(17)10-9-12-6-2-1-3-7-12/h1-3,6-7H,4-5,8-11H2/i9D2. The summed E-state index contributed by atoms with van der Waals surface area (Å²) in [5.74, 6) is -0.598. The maximum Gasteiger partial charge on any atom is 0.229 e. The highest BCUT2D eigenvalue weighted by Crippen LogP contribution is 2.13. The molecule has 1 aliphatic rings. The number of carbonyl (C=O) groups excluding carboxylic acids is 2. The van der Waals surface area contributed by atoms with Crippen LogP contribution in [0.1, 0.15) is 34.0 Å². The van der Waals surface area contributed by atoms with Crippen molar-refractivity contribution in [2.24, 2.45) is 0 Å². The number of carbonyl (C=O) groups is 2. The summed E-state index contributed by atoms with van der Waals surface area (Å²) in [6, 6.07) is 8.60. The molecule has 90 valence electrons. The Hall–Kier alpha value is -1.64. The quantitative estimate of drug-likeness (QED) is 0.802. The topological polar surface area (TPSA) is 37.4 Å². The van der Waals surface area contributed by atoms with Gasteiger partial charge in [-0.3, -0.25) is 14.5 Å². The molecule has 0 aromatic heterocycles. The molecule has 0 spiro atoms. The van der Waals surface area contributed by atoms with Crippen molar-refractivity contribution >= 4 is 11.8 Å². The van der Waals surface area contributed by atoms with Crippen LogP contribution >= 0.6 is 0 Å². The molecule has 0 atom stereocenters. The van der Waals surface area contributed by atoms with Crippen LogP contribution in [0.2, 0.25) is 0 Å². The van der Waals surface area contributed by atoms with Gasteiger partial charge in [-0.2, -0.15) is 0 Å². The summed E-state index contributed by atoms with van der Waals surface area (Å²) in [6.07, 6.45) is -0.0150. The largest absolute Gasteiger partial charge is 0.283 e. The Morgan fingerprint density at radius 2 is 2.06 bits per heavy atom. The van der Waals surface area contributed by atoms with Crippen molar-refractivity contribution in [2.45, 2.75) is 32.1 Å². The fraction of sp³-hybridized carbons (Fsp3) is 0.429. The maximum absolute atomic E-state index is 12.1. The van der Waals surface area contributed by atoms with E-state index in [4.69, 9.17) is 2.74 Å². The lowest BCUT2D eigenvalue weighted by Gasteiger charge is -2.24. The van der Waals surface area contributed by atoms with E-state index < -0.39 is 12.3 Å². The average molecular weight is 233 g/mol. The van der Waals surface area contributed by atoms with Crippen LogP contribution in [0.15, 0.2) is 30.3 Å². The minimum Gasteiger partial charge on any atom is -0.283 e. The summed E-state index contributed by atoms with van der Waals surface area (Å²) >= 11 is 0. The van der Waals surface area contributed by atoms with Gasteiger partial charge in [-0.15, -0.1) is 0 Å². The molecule has 17 heavy (non-hydrogen) atoms. The summed E-state index contributed by atoms with van der Waals surface area (Å²) < 4.78 is 16.0. The van der Waals surface area contributed by atoms with Crippen LogP contribution in [0.3, 0.4) is 0 Å². The van der Waals surface area contributed by atoms with E-state index in [0.717, 1.165) is 12.8 Å². The van der Waals surface area contributed by atoms with Gasteiger partial charge in [-0.25, -0.2) is 0 Å². The molecule has 1 aromatic carbocycles. The Kier molecular flexibility index (Phi) is 3.11. The van der Waals surface area contributed by atoms with Gasteiger partial charge in [0.15, 0.2) is 0 Å². The summed E-state index contributed by atoms with van der Waals surface area (Å²) in [5.41, 5.74) is 0.466. The minimum absolute atomic E-state index is 0.180. The van der Waals surface area contributed by atoms with Crippen molar-refractivity contribution in [3.05, 3.63) is 35.9 Å². The normalized spacial score (nSPS) is 18.6. The number of hydrogen-bond acceptors (Lipinski definition) is 2. The number of imide groups is 1. The van der Waals surface area contributed by atoms with Crippen molar-refractivity contribution in [3.63, 3.8) is 0 Å². The van der Waals surface area contributed by atoms with E-state index in [9.17, 15) is 9.59 Å². The number of benzene rings is 1. The van der Waals surface area contributed by atoms with E-state index in [-0.39, 0.29) is 12.3 Å². The number of rotatable bonds is 3. The first-order chi connectivity index (χ1) is 9.00. The maximum atomic E-state index is 12.1. The predicted octanol–water partition coefficient (Wildman–Crippen LogP) is 2.16. The van der Waals surface area contributed by atoms with Crippen molar-refractivity contribution < 1.29 is 12.3 Å². The highest BCUT2D eigenvalue weighted by molar-refractivity contribution is 5.95. The lowest BCUT2D eigenvalue weighted by molar-refractivity contribution is -0.146. The minimum atomic E-state index is -1.74. The molecule has 0 N–H and O–H groups in total.